The molecule has 1 aliphatic carbocycles. The molecule has 1 aliphatic rings. The molecule has 4 nitrogen and oxygen atoms in total. The summed E-state index contributed by atoms with van der Waals surface area (Å²) in [6.07, 6.45) is 2.12. The van der Waals surface area contributed by atoms with Gasteiger partial charge in [0, 0.05) is 12.6 Å². The lowest BCUT2D eigenvalue weighted by molar-refractivity contribution is 0.547. The van der Waals surface area contributed by atoms with Crippen molar-refractivity contribution in [3.8, 4) is 0 Å². The van der Waals surface area contributed by atoms with E-state index in [1.165, 1.54) is 12.1 Å². The number of hydrogen-bond acceptors (Lipinski definition) is 3. The van der Waals surface area contributed by atoms with E-state index in [-0.39, 0.29) is 22.0 Å². The zero-order chi connectivity index (χ0) is 13.3. The third-order valence-corrected chi connectivity index (χ3v) is 4.97. The summed E-state index contributed by atoms with van der Waals surface area (Å²) < 4.78 is 39.5. The Morgan fingerprint density at radius 3 is 2.72 bits per heavy atom. The highest BCUT2D eigenvalue weighted by Crippen LogP contribution is 2.31. The van der Waals surface area contributed by atoms with Crippen molar-refractivity contribution < 1.29 is 12.8 Å². The van der Waals surface area contributed by atoms with E-state index >= 15 is 0 Å². The maximum Gasteiger partial charge on any atom is 0.240 e. The van der Waals surface area contributed by atoms with Crippen LogP contribution in [0, 0.1) is 11.7 Å². The monoisotopic (exact) mass is 336 g/mol. The molecule has 7 heteroatoms. The molecule has 0 bridgehead atoms. The van der Waals surface area contributed by atoms with Gasteiger partial charge in [-0.05, 0) is 52.9 Å². The highest BCUT2D eigenvalue weighted by molar-refractivity contribution is 9.10. The third kappa shape index (κ3) is 3.28. The molecule has 0 spiro atoms. The van der Waals surface area contributed by atoms with Crippen molar-refractivity contribution in [2.75, 3.05) is 6.54 Å². The number of nitrogens with one attached hydrogen (secondary N) is 1. The number of benzene rings is 1. The van der Waals surface area contributed by atoms with Crippen molar-refractivity contribution in [3.05, 3.63) is 28.5 Å². The van der Waals surface area contributed by atoms with Gasteiger partial charge < -0.3 is 5.73 Å². The van der Waals surface area contributed by atoms with Gasteiger partial charge in [0.1, 0.15) is 5.82 Å². The minimum Gasteiger partial charge on any atom is -0.326 e. The molecule has 18 heavy (non-hydrogen) atoms. The standard InChI is InChI=1S/C11H14BrFN2O2S/c12-9-5-8(3-4-10(9)13)18(16,17)15-6-11(14)7-1-2-7/h3-5,7,11,15H,1-2,6,14H2. The quantitative estimate of drug-likeness (QED) is 0.857. The van der Waals surface area contributed by atoms with E-state index in [0.29, 0.717) is 5.92 Å². The number of sulfonamides is 1. The Labute approximate surface area is 114 Å². The van der Waals surface area contributed by atoms with Gasteiger partial charge in [-0.1, -0.05) is 0 Å². The van der Waals surface area contributed by atoms with Crippen molar-refractivity contribution in [2.45, 2.75) is 23.8 Å². The predicted molar refractivity (Wildman–Crippen MR) is 70.0 cm³/mol. The first kappa shape index (κ1) is 13.9. The van der Waals surface area contributed by atoms with Crippen molar-refractivity contribution in [2.24, 2.45) is 11.7 Å². The molecule has 1 saturated carbocycles. The summed E-state index contributed by atoms with van der Waals surface area (Å²) in [5.41, 5.74) is 5.82. The van der Waals surface area contributed by atoms with Crippen molar-refractivity contribution in [3.63, 3.8) is 0 Å². The Kier molecular flexibility index (Phi) is 4.05. The second-order valence-electron chi connectivity index (χ2n) is 4.43. The Bertz CT molecular complexity index is 546. The average Bonchev–Trinajstić information content (AvgIpc) is 3.13. The van der Waals surface area contributed by atoms with Crippen LogP contribution in [-0.2, 0) is 10.0 Å². The maximum absolute atomic E-state index is 13.0. The van der Waals surface area contributed by atoms with Crippen LogP contribution in [0.5, 0.6) is 0 Å². The zero-order valence-electron chi connectivity index (χ0n) is 9.57. The van der Waals surface area contributed by atoms with Crippen LogP contribution < -0.4 is 10.5 Å². The third-order valence-electron chi connectivity index (χ3n) is 2.94. The van der Waals surface area contributed by atoms with Crippen molar-refractivity contribution in [1.29, 1.82) is 0 Å². The summed E-state index contributed by atoms with van der Waals surface area (Å²) >= 11 is 2.96. The highest BCUT2D eigenvalue weighted by Gasteiger charge is 2.29. The second-order valence-corrected chi connectivity index (χ2v) is 7.05. The van der Waals surface area contributed by atoms with Gasteiger partial charge >= 0.3 is 0 Å². The van der Waals surface area contributed by atoms with Crippen LogP contribution in [-0.4, -0.2) is 21.0 Å². The Hall–Kier alpha value is -0.500. The van der Waals surface area contributed by atoms with Crippen LogP contribution in [0.3, 0.4) is 0 Å². The summed E-state index contributed by atoms with van der Waals surface area (Å²) in [5.74, 6) is -0.0729. The van der Waals surface area contributed by atoms with Crippen LogP contribution in [0.2, 0.25) is 0 Å². The van der Waals surface area contributed by atoms with Crippen LogP contribution in [0.4, 0.5) is 4.39 Å². The molecule has 1 aromatic carbocycles. The largest absolute Gasteiger partial charge is 0.326 e. The predicted octanol–water partition coefficient (Wildman–Crippen LogP) is 1.60. The molecule has 1 unspecified atom stereocenters. The lowest BCUT2D eigenvalue weighted by Gasteiger charge is -2.12. The molecular weight excluding hydrogens is 323 g/mol. The van der Waals surface area contributed by atoms with E-state index in [0.717, 1.165) is 18.9 Å². The summed E-state index contributed by atoms with van der Waals surface area (Å²) in [5, 5.41) is 0. The maximum atomic E-state index is 13.0. The lowest BCUT2D eigenvalue weighted by atomic mass is 10.2. The Morgan fingerprint density at radius 2 is 2.17 bits per heavy atom. The zero-order valence-corrected chi connectivity index (χ0v) is 12.0. The van der Waals surface area contributed by atoms with Gasteiger partial charge in [-0.15, -0.1) is 0 Å². The summed E-state index contributed by atoms with van der Waals surface area (Å²) in [6.45, 7) is 0.210. The van der Waals surface area contributed by atoms with Gasteiger partial charge in [0.25, 0.3) is 0 Å². The van der Waals surface area contributed by atoms with Crippen molar-refractivity contribution >= 4 is 26.0 Å². The Balaban J connectivity index is 2.07. The number of nitrogens with two attached hydrogens (primary N) is 1. The molecule has 100 valence electrons. The van der Waals surface area contributed by atoms with Gasteiger partial charge in [-0.25, -0.2) is 17.5 Å². The van der Waals surface area contributed by atoms with Crippen LogP contribution in [0.15, 0.2) is 27.6 Å². The van der Waals surface area contributed by atoms with Crippen LogP contribution in [0.1, 0.15) is 12.8 Å². The highest BCUT2D eigenvalue weighted by atomic mass is 79.9. The van der Waals surface area contributed by atoms with E-state index in [1.54, 1.807) is 0 Å². The van der Waals surface area contributed by atoms with Crippen LogP contribution >= 0.6 is 15.9 Å². The topological polar surface area (TPSA) is 72.2 Å². The van der Waals surface area contributed by atoms with E-state index in [4.69, 9.17) is 5.73 Å². The molecule has 1 fully saturated rings. The Morgan fingerprint density at radius 1 is 1.50 bits per heavy atom. The van der Waals surface area contributed by atoms with Crippen molar-refractivity contribution in [1.82, 2.24) is 4.72 Å². The molecular formula is C11H14BrFN2O2S. The normalized spacial score (nSPS) is 17.7. The van der Waals surface area contributed by atoms with E-state index in [2.05, 4.69) is 20.7 Å². The molecule has 0 aromatic heterocycles. The van der Waals surface area contributed by atoms with Gasteiger partial charge in [0.2, 0.25) is 10.0 Å². The second kappa shape index (κ2) is 5.24. The summed E-state index contributed by atoms with van der Waals surface area (Å²) in [7, 11) is -3.63. The molecule has 0 amide bonds. The summed E-state index contributed by atoms with van der Waals surface area (Å²) in [6, 6.07) is 3.42. The fourth-order valence-corrected chi connectivity index (χ4v) is 3.25. The number of hydrogen-bond donors (Lipinski definition) is 2. The summed E-state index contributed by atoms with van der Waals surface area (Å²) in [4.78, 5) is 0.0266. The fraction of sp³-hybridized carbons (Fsp3) is 0.455. The molecule has 1 atom stereocenters. The smallest absolute Gasteiger partial charge is 0.240 e. The van der Waals surface area contributed by atoms with E-state index in [1.807, 2.05) is 0 Å². The molecule has 1 aromatic rings. The average molecular weight is 337 g/mol. The molecule has 3 N–H and O–H groups in total. The molecule has 2 rings (SSSR count). The molecule has 0 aliphatic heterocycles. The first-order chi connectivity index (χ1) is 8.40. The first-order valence-corrected chi connectivity index (χ1v) is 7.88. The minimum atomic E-state index is -3.63. The molecule has 0 saturated heterocycles. The molecule has 0 heterocycles. The van der Waals surface area contributed by atoms with Gasteiger partial charge in [0.15, 0.2) is 0 Å². The number of halogens is 2. The van der Waals surface area contributed by atoms with Gasteiger partial charge in [-0.3, -0.25) is 0 Å². The van der Waals surface area contributed by atoms with Gasteiger partial charge in [0.05, 0.1) is 9.37 Å². The lowest BCUT2D eigenvalue weighted by Crippen LogP contribution is -2.38. The van der Waals surface area contributed by atoms with Gasteiger partial charge in [-0.2, -0.15) is 0 Å². The fourth-order valence-electron chi connectivity index (χ4n) is 1.62. The molecule has 0 radical (unpaired) electrons. The number of rotatable bonds is 5. The first-order valence-electron chi connectivity index (χ1n) is 5.60. The minimum absolute atomic E-state index is 0.0266. The SMILES string of the molecule is NC(CNS(=O)(=O)c1ccc(F)c(Br)c1)C1CC1. The van der Waals surface area contributed by atoms with E-state index < -0.39 is 15.8 Å². The van der Waals surface area contributed by atoms with Crippen LogP contribution in [0.25, 0.3) is 0 Å². The van der Waals surface area contributed by atoms with E-state index in [9.17, 15) is 12.8 Å².